The Morgan fingerprint density at radius 1 is 1.03 bits per heavy atom. The zero-order valence-corrected chi connectivity index (χ0v) is 16.5. The number of imidazole rings is 1. The van der Waals surface area contributed by atoms with Crippen LogP contribution in [0.4, 0.5) is 5.82 Å². The second kappa shape index (κ2) is 7.01. The van der Waals surface area contributed by atoms with Gasteiger partial charge in [0.25, 0.3) is 0 Å². The fourth-order valence-corrected chi connectivity index (χ4v) is 3.73. The number of hydrogen-bond donors (Lipinski definition) is 2. The van der Waals surface area contributed by atoms with Crippen molar-refractivity contribution >= 4 is 21.5 Å². The van der Waals surface area contributed by atoms with Gasteiger partial charge in [-0.15, -0.1) is 5.10 Å². The molecule has 0 aliphatic carbocycles. The summed E-state index contributed by atoms with van der Waals surface area (Å²) in [6.07, 6.45) is 1.76. The SMILES string of the molecule is NS(=O)(=O)c1ccc(CNc2ccc3ncc(-c4ccc5c(c4)OCO5)n3n2)cc1. The van der Waals surface area contributed by atoms with Gasteiger partial charge in [0.2, 0.25) is 16.8 Å². The van der Waals surface area contributed by atoms with Gasteiger partial charge < -0.3 is 14.8 Å². The molecular weight excluding hydrogens is 406 g/mol. The van der Waals surface area contributed by atoms with E-state index in [9.17, 15) is 8.42 Å². The lowest BCUT2D eigenvalue weighted by molar-refractivity contribution is 0.174. The third-order valence-electron chi connectivity index (χ3n) is 4.76. The molecule has 9 nitrogen and oxygen atoms in total. The van der Waals surface area contributed by atoms with Crippen LogP contribution in [-0.2, 0) is 16.6 Å². The van der Waals surface area contributed by atoms with Crippen LogP contribution in [0.2, 0.25) is 0 Å². The average Bonchev–Trinajstić information content (AvgIpc) is 3.37. The van der Waals surface area contributed by atoms with Gasteiger partial charge in [-0.2, -0.15) is 0 Å². The predicted molar refractivity (Wildman–Crippen MR) is 110 cm³/mol. The zero-order valence-electron chi connectivity index (χ0n) is 15.6. The third kappa shape index (κ3) is 3.42. The van der Waals surface area contributed by atoms with E-state index in [4.69, 9.17) is 14.6 Å². The summed E-state index contributed by atoms with van der Waals surface area (Å²) in [5.41, 5.74) is 3.34. The van der Waals surface area contributed by atoms with Crippen molar-refractivity contribution in [3.8, 4) is 22.8 Å². The first-order valence-electron chi connectivity index (χ1n) is 9.08. The molecule has 0 saturated carbocycles. The molecule has 3 N–H and O–H groups in total. The van der Waals surface area contributed by atoms with E-state index >= 15 is 0 Å². The van der Waals surface area contributed by atoms with Crippen molar-refractivity contribution in [3.63, 3.8) is 0 Å². The van der Waals surface area contributed by atoms with E-state index in [1.165, 1.54) is 12.1 Å². The van der Waals surface area contributed by atoms with Crippen molar-refractivity contribution in [3.05, 3.63) is 66.4 Å². The number of hydrogen-bond acceptors (Lipinski definition) is 7. The summed E-state index contributed by atoms with van der Waals surface area (Å²) in [6.45, 7) is 0.688. The van der Waals surface area contributed by atoms with Crippen molar-refractivity contribution in [1.82, 2.24) is 14.6 Å². The zero-order chi connectivity index (χ0) is 20.7. The molecule has 1 aliphatic rings. The molecule has 0 spiro atoms. The predicted octanol–water partition coefficient (Wildman–Crippen LogP) is 2.38. The number of aromatic nitrogens is 3. The van der Waals surface area contributed by atoms with E-state index in [0.717, 1.165) is 22.6 Å². The second-order valence-electron chi connectivity index (χ2n) is 6.74. The molecular formula is C20H17N5O4S. The van der Waals surface area contributed by atoms with Crippen molar-refractivity contribution in [2.24, 2.45) is 5.14 Å². The van der Waals surface area contributed by atoms with Crippen LogP contribution >= 0.6 is 0 Å². The molecule has 5 rings (SSSR count). The molecule has 0 atom stereocenters. The first-order chi connectivity index (χ1) is 14.5. The van der Waals surface area contributed by atoms with Crippen molar-refractivity contribution in [1.29, 1.82) is 0 Å². The number of benzene rings is 2. The molecule has 2 aromatic carbocycles. The molecule has 0 radical (unpaired) electrons. The van der Waals surface area contributed by atoms with Gasteiger partial charge in [0, 0.05) is 12.1 Å². The van der Waals surface area contributed by atoms with Gasteiger partial charge in [0.1, 0.15) is 5.82 Å². The number of ether oxygens (including phenoxy) is 2. The molecule has 0 fully saturated rings. The fourth-order valence-electron chi connectivity index (χ4n) is 3.21. The maximum absolute atomic E-state index is 11.4. The minimum atomic E-state index is -3.70. The number of rotatable bonds is 5. The minimum absolute atomic E-state index is 0.0811. The number of primary sulfonamides is 1. The van der Waals surface area contributed by atoms with Gasteiger partial charge in [0.15, 0.2) is 17.1 Å². The number of anilines is 1. The van der Waals surface area contributed by atoms with Gasteiger partial charge in [-0.05, 0) is 48.0 Å². The van der Waals surface area contributed by atoms with Crippen LogP contribution < -0.4 is 19.9 Å². The lowest BCUT2D eigenvalue weighted by atomic mass is 10.1. The number of fused-ring (bicyclic) bond motifs is 2. The van der Waals surface area contributed by atoms with Crippen LogP contribution in [0.25, 0.3) is 16.9 Å². The summed E-state index contributed by atoms with van der Waals surface area (Å²) in [5.74, 6) is 2.06. The fraction of sp³-hybridized carbons (Fsp3) is 0.100. The van der Waals surface area contributed by atoms with Crippen molar-refractivity contribution < 1.29 is 17.9 Å². The monoisotopic (exact) mass is 423 g/mol. The van der Waals surface area contributed by atoms with Crippen molar-refractivity contribution in [2.45, 2.75) is 11.4 Å². The van der Waals surface area contributed by atoms with Crippen LogP contribution in [0, 0.1) is 0 Å². The Bertz CT molecular complexity index is 1350. The molecule has 10 heteroatoms. The summed E-state index contributed by atoms with van der Waals surface area (Å²) >= 11 is 0. The molecule has 0 saturated heterocycles. The second-order valence-corrected chi connectivity index (χ2v) is 8.30. The van der Waals surface area contributed by atoms with E-state index in [0.29, 0.717) is 23.8 Å². The van der Waals surface area contributed by atoms with Crippen LogP contribution in [-0.4, -0.2) is 29.8 Å². The van der Waals surface area contributed by atoms with Crippen LogP contribution in [0.5, 0.6) is 11.5 Å². The summed E-state index contributed by atoms with van der Waals surface area (Å²) in [5, 5.41) is 13.0. The Balaban J connectivity index is 1.39. The minimum Gasteiger partial charge on any atom is -0.454 e. The van der Waals surface area contributed by atoms with Crippen LogP contribution in [0.3, 0.4) is 0 Å². The topological polar surface area (TPSA) is 121 Å². The number of nitrogens with one attached hydrogen (secondary N) is 1. The molecule has 0 bridgehead atoms. The standard InChI is InChI=1S/C20H17N5O4S/c21-30(26,27)15-4-1-13(2-5-15)10-22-19-7-8-20-23-11-16(25(20)24-19)14-3-6-17-18(9-14)29-12-28-17/h1-9,11H,10,12H2,(H,22,24)(H2,21,26,27). The van der Waals surface area contributed by atoms with Crippen LogP contribution in [0.15, 0.2) is 65.7 Å². The maximum atomic E-state index is 11.4. The summed E-state index contributed by atoms with van der Waals surface area (Å²) in [6, 6.07) is 15.8. The normalized spacial score (nSPS) is 13.0. The van der Waals surface area contributed by atoms with E-state index in [1.807, 2.05) is 30.3 Å². The maximum Gasteiger partial charge on any atom is 0.238 e. The smallest absolute Gasteiger partial charge is 0.238 e. The third-order valence-corrected chi connectivity index (χ3v) is 5.69. The summed E-state index contributed by atoms with van der Waals surface area (Å²) in [4.78, 5) is 4.49. The lowest BCUT2D eigenvalue weighted by Crippen LogP contribution is -2.12. The van der Waals surface area contributed by atoms with Gasteiger partial charge in [0.05, 0.1) is 16.8 Å². The van der Waals surface area contributed by atoms with Gasteiger partial charge >= 0.3 is 0 Å². The van der Waals surface area contributed by atoms with E-state index in [-0.39, 0.29) is 11.7 Å². The molecule has 0 unspecified atom stereocenters. The molecule has 0 amide bonds. The molecule has 4 aromatic rings. The van der Waals surface area contributed by atoms with E-state index < -0.39 is 10.0 Å². The Morgan fingerprint density at radius 3 is 2.63 bits per heavy atom. The first kappa shape index (κ1) is 18.4. The van der Waals surface area contributed by atoms with Crippen LogP contribution in [0.1, 0.15) is 5.56 Å². The van der Waals surface area contributed by atoms with E-state index in [2.05, 4.69) is 15.4 Å². The highest BCUT2D eigenvalue weighted by atomic mass is 32.2. The molecule has 2 aromatic heterocycles. The van der Waals surface area contributed by atoms with Crippen molar-refractivity contribution in [2.75, 3.05) is 12.1 Å². The summed E-state index contributed by atoms with van der Waals surface area (Å²) < 4.78 is 35.3. The highest BCUT2D eigenvalue weighted by Crippen LogP contribution is 2.35. The summed E-state index contributed by atoms with van der Waals surface area (Å²) in [7, 11) is -3.70. The van der Waals surface area contributed by atoms with Gasteiger partial charge in [-0.1, -0.05) is 12.1 Å². The molecule has 1 aliphatic heterocycles. The Kier molecular flexibility index (Phi) is 4.30. The number of nitrogens with two attached hydrogens (primary N) is 1. The van der Waals surface area contributed by atoms with E-state index in [1.54, 1.807) is 22.8 Å². The lowest BCUT2D eigenvalue weighted by Gasteiger charge is -2.08. The molecule has 3 heterocycles. The highest BCUT2D eigenvalue weighted by Gasteiger charge is 2.16. The quantitative estimate of drug-likeness (QED) is 0.505. The Hall–Kier alpha value is -3.63. The average molecular weight is 423 g/mol. The number of sulfonamides is 1. The molecule has 30 heavy (non-hydrogen) atoms. The first-order valence-corrected chi connectivity index (χ1v) is 10.6. The van der Waals surface area contributed by atoms with Gasteiger partial charge in [-0.3, -0.25) is 0 Å². The highest BCUT2D eigenvalue weighted by molar-refractivity contribution is 7.89. The Morgan fingerprint density at radius 2 is 1.83 bits per heavy atom. The largest absolute Gasteiger partial charge is 0.454 e. The number of nitrogens with zero attached hydrogens (tertiary/aromatic N) is 3. The Labute approximate surface area is 172 Å². The molecule has 152 valence electrons. The van der Waals surface area contributed by atoms with Gasteiger partial charge in [-0.25, -0.2) is 23.1 Å².